The molecule has 14 heavy (non-hydrogen) atoms. The highest BCUT2D eigenvalue weighted by atomic mass is 16.6. The van der Waals surface area contributed by atoms with Gasteiger partial charge in [-0.3, -0.25) is 4.79 Å². The molecule has 2 rings (SSSR count). The van der Waals surface area contributed by atoms with Crippen LogP contribution in [0.3, 0.4) is 0 Å². The first-order chi connectivity index (χ1) is 6.44. The minimum Gasteiger partial charge on any atom is -0.391 e. The van der Waals surface area contributed by atoms with Crippen molar-refractivity contribution in [2.24, 2.45) is 0 Å². The largest absolute Gasteiger partial charge is 0.391 e. The van der Waals surface area contributed by atoms with E-state index in [0.29, 0.717) is 6.42 Å². The van der Waals surface area contributed by atoms with Crippen LogP contribution >= 0.6 is 0 Å². The van der Waals surface area contributed by atoms with Gasteiger partial charge in [0, 0.05) is 0 Å². The molecular formula is C10H14O4. The van der Waals surface area contributed by atoms with Gasteiger partial charge in [-0.15, -0.1) is 0 Å². The van der Waals surface area contributed by atoms with Crippen molar-refractivity contribution in [1.82, 2.24) is 0 Å². The van der Waals surface area contributed by atoms with Gasteiger partial charge in [-0.1, -0.05) is 0 Å². The minimum absolute atomic E-state index is 0.0786. The van der Waals surface area contributed by atoms with Crippen molar-refractivity contribution in [2.45, 2.75) is 50.7 Å². The molecule has 2 aliphatic rings. The van der Waals surface area contributed by atoms with Crippen LogP contribution in [0.15, 0.2) is 0 Å². The van der Waals surface area contributed by atoms with Crippen LogP contribution in [0.5, 0.6) is 0 Å². The summed E-state index contributed by atoms with van der Waals surface area (Å²) < 4.78 is 10.3. The van der Waals surface area contributed by atoms with E-state index in [4.69, 9.17) is 4.74 Å². The summed E-state index contributed by atoms with van der Waals surface area (Å²) in [5.41, 5.74) is -1.30. The first-order valence-corrected chi connectivity index (χ1v) is 4.89. The number of ether oxygens (including phenoxy) is 2. The first kappa shape index (κ1) is 9.65. The Kier molecular flexibility index (Phi) is 1.93. The summed E-state index contributed by atoms with van der Waals surface area (Å²) in [6.45, 7) is 3.87. The minimum atomic E-state index is -0.973. The Hall–Kier alpha value is -0.900. The van der Waals surface area contributed by atoms with E-state index >= 15 is 0 Å². The van der Waals surface area contributed by atoms with Crippen molar-refractivity contribution < 1.29 is 19.1 Å². The Morgan fingerprint density at radius 3 is 2.43 bits per heavy atom. The SMILES string of the molecule is CC1(C)CCC[C@]2(CC(=O)OC2=O)O1. The summed E-state index contributed by atoms with van der Waals surface area (Å²) in [5, 5.41) is 0. The highest BCUT2D eigenvalue weighted by molar-refractivity contribution is 5.99. The molecule has 0 amide bonds. The van der Waals surface area contributed by atoms with Crippen LogP contribution in [0.4, 0.5) is 0 Å². The van der Waals surface area contributed by atoms with E-state index in [2.05, 4.69) is 4.74 Å². The predicted octanol–water partition coefficient (Wildman–Crippen LogP) is 1.18. The zero-order chi connectivity index (χ0) is 10.4. The Bertz CT molecular complexity index is 294. The van der Waals surface area contributed by atoms with Crippen LogP contribution in [0.2, 0.25) is 0 Å². The van der Waals surface area contributed by atoms with E-state index in [1.807, 2.05) is 13.8 Å². The molecule has 0 N–H and O–H groups in total. The number of hydrogen-bond acceptors (Lipinski definition) is 4. The lowest BCUT2D eigenvalue weighted by Gasteiger charge is -2.40. The fourth-order valence-electron chi connectivity index (χ4n) is 2.24. The van der Waals surface area contributed by atoms with Crippen LogP contribution in [-0.4, -0.2) is 23.1 Å². The molecule has 2 fully saturated rings. The summed E-state index contributed by atoms with van der Waals surface area (Å²) in [4.78, 5) is 22.5. The van der Waals surface area contributed by atoms with Crippen molar-refractivity contribution in [1.29, 1.82) is 0 Å². The zero-order valence-electron chi connectivity index (χ0n) is 8.46. The smallest absolute Gasteiger partial charge is 0.346 e. The second-order valence-electron chi connectivity index (χ2n) is 4.65. The Morgan fingerprint density at radius 2 is 1.93 bits per heavy atom. The highest BCUT2D eigenvalue weighted by Crippen LogP contribution is 2.41. The molecule has 0 saturated carbocycles. The van der Waals surface area contributed by atoms with E-state index < -0.39 is 17.5 Å². The van der Waals surface area contributed by atoms with Gasteiger partial charge >= 0.3 is 11.9 Å². The number of hydrogen-bond donors (Lipinski definition) is 0. The van der Waals surface area contributed by atoms with Gasteiger partial charge in [0.2, 0.25) is 0 Å². The lowest BCUT2D eigenvalue weighted by Crippen LogP contribution is -2.48. The van der Waals surface area contributed by atoms with Crippen molar-refractivity contribution in [3.63, 3.8) is 0 Å². The lowest BCUT2D eigenvalue weighted by atomic mass is 9.86. The summed E-state index contributed by atoms with van der Waals surface area (Å²) >= 11 is 0. The second kappa shape index (κ2) is 2.79. The van der Waals surface area contributed by atoms with Gasteiger partial charge in [0.15, 0.2) is 5.60 Å². The van der Waals surface area contributed by atoms with E-state index in [0.717, 1.165) is 12.8 Å². The molecule has 4 heteroatoms. The topological polar surface area (TPSA) is 52.6 Å². The van der Waals surface area contributed by atoms with E-state index in [9.17, 15) is 9.59 Å². The van der Waals surface area contributed by atoms with Gasteiger partial charge < -0.3 is 9.47 Å². The number of esters is 2. The summed E-state index contributed by atoms with van der Waals surface area (Å²) in [6.07, 6.45) is 2.49. The fraction of sp³-hybridized carbons (Fsp3) is 0.800. The Labute approximate surface area is 82.6 Å². The number of rotatable bonds is 0. The molecule has 0 aromatic heterocycles. The second-order valence-corrected chi connectivity index (χ2v) is 4.65. The predicted molar refractivity (Wildman–Crippen MR) is 47.5 cm³/mol. The van der Waals surface area contributed by atoms with Gasteiger partial charge in [0.05, 0.1) is 12.0 Å². The van der Waals surface area contributed by atoms with Crippen LogP contribution in [0, 0.1) is 0 Å². The van der Waals surface area contributed by atoms with Gasteiger partial charge in [-0.2, -0.15) is 0 Å². The maximum Gasteiger partial charge on any atom is 0.346 e. The Morgan fingerprint density at radius 1 is 1.21 bits per heavy atom. The molecule has 2 aliphatic heterocycles. The summed E-state index contributed by atoms with van der Waals surface area (Å²) in [6, 6.07) is 0. The maximum absolute atomic E-state index is 11.5. The summed E-state index contributed by atoms with van der Waals surface area (Å²) in [7, 11) is 0. The van der Waals surface area contributed by atoms with E-state index in [1.54, 1.807) is 0 Å². The number of carbonyl (C=O) groups excluding carboxylic acids is 2. The van der Waals surface area contributed by atoms with Crippen LogP contribution in [0.25, 0.3) is 0 Å². The van der Waals surface area contributed by atoms with Gasteiger partial charge in [0.25, 0.3) is 0 Å². The number of cyclic esters (lactones) is 2. The van der Waals surface area contributed by atoms with Crippen molar-refractivity contribution in [3.8, 4) is 0 Å². The highest BCUT2D eigenvalue weighted by Gasteiger charge is 2.54. The van der Waals surface area contributed by atoms with E-state index in [-0.39, 0.29) is 12.0 Å². The molecule has 0 aromatic carbocycles. The third-order valence-electron chi connectivity index (χ3n) is 2.84. The third kappa shape index (κ3) is 1.43. The fourth-order valence-corrected chi connectivity index (χ4v) is 2.24. The molecule has 0 radical (unpaired) electrons. The molecule has 0 aliphatic carbocycles. The third-order valence-corrected chi connectivity index (χ3v) is 2.84. The Balaban J connectivity index is 2.24. The first-order valence-electron chi connectivity index (χ1n) is 4.89. The van der Waals surface area contributed by atoms with Crippen molar-refractivity contribution >= 4 is 11.9 Å². The average Bonchev–Trinajstić information content (AvgIpc) is 2.24. The molecule has 0 aromatic rings. The zero-order valence-corrected chi connectivity index (χ0v) is 8.46. The molecule has 1 atom stereocenters. The number of carbonyl (C=O) groups is 2. The molecule has 0 bridgehead atoms. The lowest BCUT2D eigenvalue weighted by molar-refractivity contribution is -0.191. The molecule has 2 saturated heterocycles. The van der Waals surface area contributed by atoms with Crippen LogP contribution in [-0.2, 0) is 19.1 Å². The quantitative estimate of drug-likeness (QED) is 0.433. The monoisotopic (exact) mass is 198 g/mol. The van der Waals surface area contributed by atoms with Crippen LogP contribution < -0.4 is 0 Å². The summed E-state index contributed by atoms with van der Waals surface area (Å²) in [5.74, 6) is -0.969. The van der Waals surface area contributed by atoms with Gasteiger partial charge in [-0.25, -0.2) is 4.79 Å². The molecular weight excluding hydrogens is 184 g/mol. The molecule has 4 nitrogen and oxygen atoms in total. The average molecular weight is 198 g/mol. The molecule has 2 heterocycles. The normalized spacial score (nSPS) is 36.1. The molecule has 1 spiro atoms. The van der Waals surface area contributed by atoms with E-state index in [1.165, 1.54) is 0 Å². The van der Waals surface area contributed by atoms with Crippen LogP contribution in [0.1, 0.15) is 39.5 Å². The van der Waals surface area contributed by atoms with Crippen molar-refractivity contribution in [3.05, 3.63) is 0 Å². The maximum atomic E-state index is 11.5. The molecule has 78 valence electrons. The molecule has 0 unspecified atom stereocenters. The van der Waals surface area contributed by atoms with Crippen molar-refractivity contribution in [2.75, 3.05) is 0 Å². The standard InChI is InChI=1S/C10H14O4/c1-9(2)4-3-5-10(14-9)6-7(11)13-8(10)12/h3-6H2,1-2H3/t10-/m1/s1. The van der Waals surface area contributed by atoms with Gasteiger partial charge in [-0.05, 0) is 33.1 Å². The van der Waals surface area contributed by atoms with Gasteiger partial charge in [0.1, 0.15) is 0 Å².